The van der Waals surface area contributed by atoms with Crippen LogP contribution in [0.4, 0.5) is 28.9 Å². The first-order valence-corrected chi connectivity index (χ1v) is 13.4. The van der Waals surface area contributed by atoms with Gasteiger partial charge in [0.2, 0.25) is 17.6 Å². The molecule has 1 saturated heterocycles. The summed E-state index contributed by atoms with van der Waals surface area (Å²) < 4.78 is 61.3. The molecule has 5 rings (SSSR count). The van der Waals surface area contributed by atoms with E-state index in [0.29, 0.717) is 63.6 Å². The van der Waals surface area contributed by atoms with Crippen molar-refractivity contribution in [2.24, 2.45) is 0 Å². The number of ether oxygens (including phenoxy) is 1. The summed E-state index contributed by atoms with van der Waals surface area (Å²) >= 11 is 5.94. The molecule has 0 unspecified atom stereocenters. The lowest BCUT2D eigenvalue weighted by atomic mass is 10.1. The number of carbonyl (C=O) groups excluding carboxylic acids is 2. The van der Waals surface area contributed by atoms with Crippen LogP contribution in [-0.4, -0.2) is 75.3 Å². The topological polar surface area (TPSA) is 114 Å². The van der Waals surface area contributed by atoms with Gasteiger partial charge in [-0.3, -0.25) is 14.4 Å². The van der Waals surface area contributed by atoms with Crippen molar-refractivity contribution in [1.82, 2.24) is 24.1 Å². The second-order valence-corrected chi connectivity index (χ2v) is 10.3. The number of fused-ring (bicyclic) bond motifs is 1. The summed E-state index contributed by atoms with van der Waals surface area (Å²) in [6.07, 6.45) is -2.65. The van der Waals surface area contributed by atoms with Gasteiger partial charge in [0.05, 0.1) is 29.5 Å². The second-order valence-electron chi connectivity index (χ2n) is 9.88. The Hall–Kier alpha value is -3.98. The number of carbonyl (C=O) groups is 2. The lowest BCUT2D eigenvalue weighted by molar-refractivity contribution is -0.140. The highest BCUT2D eigenvalue weighted by molar-refractivity contribution is 6.33. The Morgan fingerprint density at radius 2 is 1.88 bits per heavy atom. The zero-order valence-corrected chi connectivity index (χ0v) is 23.4. The van der Waals surface area contributed by atoms with Crippen LogP contribution in [0.15, 0.2) is 23.0 Å². The standard InChI is InChI=1S/C26H26ClF4N7O4/c1-14-22(36-7-5-35(6-8-36)15(2)39)24(41)38-25(33-23(34-38)16-3-9-42-10-4-16)37(14)13-21(40)32-20-12-19(28)17(11-18(20)27)26(29,30)31/h3,11-12H,4-10,13H2,1-2H3,(H,32,40). The van der Waals surface area contributed by atoms with Crippen molar-refractivity contribution in [3.8, 4) is 0 Å². The number of alkyl halides is 3. The third-order valence-electron chi connectivity index (χ3n) is 7.20. The first kappa shape index (κ1) is 29.5. The van der Waals surface area contributed by atoms with Crippen LogP contribution in [0.1, 0.15) is 30.4 Å². The summed E-state index contributed by atoms with van der Waals surface area (Å²) in [5.41, 5.74) is -0.970. The summed E-state index contributed by atoms with van der Waals surface area (Å²) in [5, 5.41) is 6.29. The van der Waals surface area contributed by atoms with Gasteiger partial charge in [-0.05, 0) is 31.1 Å². The van der Waals surface area contributed by atoms with Crippen LogP contribution < -0.4 is 15.8 Å². The van der Waals surface area contributed by atoms with E-state index in [4.69, 9.17) is 16.3 Å². The number of anilines is 2. The predicted molar refractivity (Wildman–Crippen MR) is 145 cm³/mol. The first-order valence-electron chi connectivity index (χ1n) is 13.0. The van der Waals surface area contributed by atoms with Crippen molar-refractivity contribution >= 4 is 46.1 Å². The molecule has 2 aliphatic heterocycles. The molecule has 1 aromatic carbocycles. The van der Waals surface area contributed by atoms with Crippen LogP contribution in [0.5, 0.6) is 0 Å². The number of hydrogen-bond acceptors (Lipinski definition) is 7. The van der Waals surface area contributed by atoms with Crippen LogP contribution in [0.25, 0.3) is 11.4 Å². The normalized spacial score (nSPS) is 16.1. The molecule has 2 aliphatic rings. The lowest BCUT2D eigenvalue weighted by Crippen LogP contribution is -2.50. The highest BCUT2D eigenvalue weighted by Crippen LogP contribution is 2.36. The van der Waals surface area contributed by atoms with Crippen molar-refractivity contribution < 1.29 is 31.9 Å². The molecular weight excluding hydrogens is 586 g/mol. The van der Waals surface area contributed by atoms with E-state index in [-0.39, 0.29) is 28.9 Å². The van der Waals surface area contributed by atoms with Gasteiger partial charge >= 0.3 is 6.18 Å². The van der Waals surface area contributed by atoms with Crippen molar-refractivity contribution in [1.29, 1.82) is 0 Å². The van der Waals surface area contributed by atoms with Crippen molar-refractivity contribution in [3.05, 3.63) is 56.5 Å². The Morgan fingerprint density at radius 3 is 2.50 bits per heavy atom. The summed E-state index contributed by atoms with van der Waals surface area (Å²) in [4.78, 5) is 46.7. The summed E-state index contributed by atoms with van der Waals surface area (Å²) in [6, 6.07) is 0.907. The second kappa shape index (κ2) is 11.4. The van der Waals surface area contributed by atoms with E-state index < -0.39 is 40.6 Å². The van der Waals surface area contributed by atoms with Gasteiger partial charge in [0.25, 0.3) is 5.56 Å². The summed E-state index contributed by atoms with van der Waals surface area (Å²) in [6.45, 7) is 4.95. The fraction of sp³-hybridized carbons (Fsp3) is 0.423. The van der Waals surface area contributed by atoms with Gasteiger partial charge in [-0.2, -0.15) is 22.7 Å². The maximum atomic E-state index is 14.2. The summed E-state index contributed by atoms with van der Waals surface area (Å²) in [7, 11) is 0. The molecule has 0 atom stereocenters. The zero-order chi connectivity index (χ0) is 30.3. The number of halogens is 5. The SMILES string of the molecule is CC(=O)N1CCN(c2c(C)n(CC(=O)Nc3cc(F)c(C(F)(F)F)cc3Cl)c3nc(C4=CCOCC4)nn3c2=O)CC1. The van der Waals surface area contributed by atoms with E-state index in [1.807, 2.05) is 4.90 Å². The molecule has 1 N–H and O–H groups in total. The van der Waals surface area contributed by atoms with E-state index in [9.17, 15) is 31.9 Å². The highest BCUT2D eigenvalue weighted by Gasteiger charge is 2.35. The zero-order valence-electron chi connectivity index (χ0n) is 22.6. The third kappa shape index (κ3) is 5.70. The monoisotopic (exact) mass is 611 g/mol. The third-order valence-corrected chi connectivity index (χ3v) is 7.52. The molecule has 0 spiro atoms. The highest BCUT2D eigenvalue weighted by atomic mass is 35.5. The molecule has 16 heteroatoms. The number of hydrogen-bond donors (Lipinski definition) is 1. The molecule has 42 heavy (non-hydrogen) atoms. The van der Waals surface area contributed by atoms with Crippen LogP contribution in [0, 0.1) is 12.7 Å². The molecule has 0 bridgehead atoms. The van der Waals surface area contributed by atoms with Gasteiger partial charge in [0, 0.05) is 38.8 Å². The fourth-order valence-corrected chi connectivity index (χ4v) is 5.22. The maximum absolute atomic E-state index is 14.2. The maximum Gasteiger partial charge on any atom is 0.419 e. The van der Waals surface area contributed by atoms with E-state index in [0.717, 1.165) is 10.1 Å². The number of nitrogens with one attached hydrogen (secondary N) is 1. The Bertz CT molecular complexity index is 1660. The minimum Gasteiger partial charge on any atom is -0.377 e. The predicted octanol–water partition coefficient (Wildman–Crippen LogP) is 3.12. The molecule has 2 amide bonds. The number of benzene rings is 1. The molecule has 2 aromatic heterocycles. The van der Waals surface area contributed by atoms with E-state index in [1.54, 1.807) is 17.9 Å². The Labute approximate surface area is 241 Å². The molecule has 3 aromatic rings. The van der Waals surface area contributed by atoms with Gasteiger partial charge < -0.3 is 24.4 Å². The van der Waals surface area contributed by atoms with Crippen molar-refractivity contribution in [2.45, 2.75) is 33.0 Å². The van der Waals surface area contributed by atoms with Gasteiger partial charge in [0.15, 0.2) is 5.82 Å². The number of nitrogens with zero attached hydrogens (tertiary/aromatic N) is 6. The lowest BCUT2D eigenvalue weighted by Gasteiger charge is -2.36. The van der Waals surface area contributed by atoms with Crippen molar-refractivity contribution in [3.63, 3.8) is 0 Å². The average Bonchev–Trinajstić information content (AvgIpc) is 3.39. The molecule has 4 heterocycles. The number of rotatable bonds is 5. The van der Waals surface area contributed by atoms with E-state index in [1.165, 1.54) is 11.5 Å². The number of aromatic nitrogens is 4. The molecule has 0 radical (unpaired) electrons. The largest absolute Gasteiger partial charge is 0.419 e. The van der Waals surface area contributed by atoms with Gasteiger partial charge in [-0.1, -0.05) is 17.7 Å². The average molecular weight is 612 g/mol. The Morgan fingerprint density at radius 1 is 1.17 bits per heavy atom. The molecule has 1 fully saturated rings. The Balaban J connectivity index is 1.54. The van der Waals surface area contributed by atoms with Crippen LogP contribution in [0.2, 0.25) is 5.02 Å². The van der Waals surface area contributed by atoms with Crippen LogP contribution in [0.3, 0.4) is 0 Å². The molecule has 11 nitrogen and oxygen atoms in total. The minimum atomic E-state index is -4.97. The fourth-order valence-electron chi connectivity index (χ4n) is 5.01. The Kier molecular flexibility index (Phi) is 7.98. The van der Waals surface area contributed by atoms with Gasteiger partial charge in [-0.15, -0.1) is 5.10 Å². The number of amides is 2. The molecule has 0 aliphatic carbocycles. The quantitative estimate of drug-likeness (QED) is 0.441. The van der Waals surface area contributed by atoms with Crippen LogP contribution >= 0.6 is 11.6 Å². The molecular formula is C26H26ClF4N7O4. The summed E-state index contributed by atoms with van der Waals surface area (Å²) in [5.74, 6) is -2.09. The first-order chi connectivity index (χ1) is 19.8. The number of piperazine rings is 1. The smallest absolute Gasteiger partial charge is 0.377 e. The van der Waals surface area contributed by atoms with Gasteiger partial charge in [0.1, 0.15) is 18.0 Å². The van der Waals surface area contributed by atoms with Gasteiger partial charge in [-0.25, -0.2) is 4.39 Å². The van der Waals surface area contributed by atoms with E-state index in [2.05, 4.69) is 15.4 Å². The molecule has 224 valence electrons. The van der Waals surface area contributed by atoms with Crippen LogP contribution in [-0.2, 0) is 27.0 Å². The molecule has 0 saturated carbocycles. The van der Waals surface area contributed by atoms with Crippen molar-refractivity contribution in [2.75, 3.05) is 49.6 Å². The minimum absolute atomic E-state index is 0.0610. The van der Waals surface area contributed by atoms with E-state index >= 15 is 0 Å².